The molecule has 0 amide bonds. The van der Waals surface area contributed by atoms with Crippen LogP contribution in [0.1, 0.15) is 122 Å². The highest BCUT2D eigenvalue weighted by molar-refractivity contribution is 7.47. The Hall–Kier alpha value is -1.06. The second-order valence-corrected chi connectivity index (χ2v) is 11.8. The molecular weight excluding hydrogens is 535 g/mol. The van der Waals surface area contributed by atoms with Crippen molar-refractivity contribution in [2.24, 2.45) is 0 Å². The lowest BCUT2D eigenvalue weighted by molar-refractivity contribution is -0.147. The molecule has 4 N–H and O–H groups in total. The highest BCUT2D eigenvalue weighted by Crippen LogP contribution is 2.43. The van der Waals surface area contributed by atoms with Gasteiger partial charge in [0.15, 0.2) is 0 Å². The van der Waals surface area contributed by atoms with Crippen LogP contribution < -0.4 is 0 Å². The molecule has 0 aliphatic rings. The SMILES string of the molecule is CCCCCCC/C=C\C/C=C\CCCCCCCCCCCC(=O)OCC(O)COP(=O)(O)OCC(O)CO. The van der Waals surface area contributed by atoms with Gasteiger partial charge in [0.1, 0.15) is 18.8 Å². The number of carbonyl (C=O) groups is 1. The molecule has 0 spiro atoms. The molecule has 0 aliphatic carbocycles. The highest BCUT2D eigenvalue weighted by Gasteiger charge is 2.24. The minimum Gasteiger partial charge on any atom is -0.463 e. The van der Waals surface area contributed by atoms with E-state index in [0.717, 1.165) is 38.5 Å². The van der Waals surface area contributed by atoms with Crippen LogP contribution in [-0.2, 0) is 23.1 Å². The maximum Gasteiger partial charge on any atom is 0.472 e. The molecule has 0 radical (unpaired) electrons. The number of unbranched alkanes of at least 4 members (excludes halogenated alkanes) is 14. The van der Waals surface area contributed by atoms with Gasteiger partial charge in [-0.15, -0.1) is 0 Å². The van der Waals surface area contributed by atoms with Crippen LogP contribution in [-0.4, -0.2) is 64.8 Å². The third-order valence-corrected chi connectivity index (χ3v) is 7.29. The first kappa shape index (κ1) is 38.9. The van der Waals surface area contributed by atoms with Gasteiger partial charge in [0.05, 0.1) is 19.8 Å². The first-order chi connectivity index (χ1) is 19.3. The summed E-state index contributed by atoms with van der Waals surface area (Å²) in [6, 6.07) is 0. The zero-order chi connectivity index (χ0) is 29.7. The summed E-state index contributed by atoms with van der Waals surface area (Å²) in [6.07, 6.45) is 27.2. The smallest absolute Gasteiger partial charge is 0.463 e. The molecule has 0 aliphatic heterocycles. The van der Waals surface area contributed by atoms with Crippen LogP contribution in [0.2, 0.25) is 0 Å². The molecule has 3 atom stereocenters. The van der Waals surface area contributed by atoms with Crippen molar-refractivity contribution >= 4 is 13.8 Å². The molecule has 0 rings (SSSR count). The minimum atomic E-state index is -4.49. The molecule has 0 aromatic rings. The summed E-state index contributed by atoms with van der Waals surface area (Å²) in [7, 11) is -4.49. The molecule has 0 saturated heterocycles. The monoisotopic (exact) mass is 592 g/mol. The van der Waals surface area contributed by atoms with E-state index in [-0.39, 0.29) is 13.0 Å². The van der Waals surface area contributed by atoms with Gasteiger partial charge in [0, 0.05) is 6.42 Å². The van der Waals surface area contributed by atoms with Crippen molar-refractivity contribution < 1.29 is 43.4 Å². The predicted molar refractivity (Wildman–Crippen MR) is 159 cm³/mol. The van der Waals surface area contributed by atoms with E-state index in [1.807, 2.05) is 0 Å². The van der Waals surface area contributed by atoms with Crippen molar-refractivity contribution in [2.45, 2.75) is 135 Å². The number of ether oxygens (including phenoxy) is 1. The van der Waals surface area contributed by atoms with Crippen LogP contribution >= 0.6 is 7.82 Å². The summed E-state index contributed by atoms with van der Waals surface area (Å²) in [5.74, 6) is -0.434. The predicted octanol–water partition coefficient (Wildman–Crippen LogP) is 6.53. The van der Waals surface area contributed by atoms with E-state index in [2.05, 4.69) is 40.3 Å². The molecule has 3 unspecified atom stereocenters. The quantitative estimate of drug-likeness (QED) is 0.0330. The van der Waals surface area contributed by atoms with Gasteiger partial charge in [-0.25, -0.2) is 4.57 Å². The first-order valence-electron chi connectivity index (χ1n) is 15.3. The van der Waals surface area contributed by atoms with Gasteiger partial charge in [-0.05, 0) is 38.5 Å². The number of esters is 1. The number of carbonyl (C=O) groups excluding carboxylic acids is 1. The maximum absolute atomic E-state index is 11.8. The van der Waals surface area contributed by atoms with E-state index >= 15 is 0 Å². The molecule has 0 bridgehead atoms. The number of phosphoric acid groups is 1. The summed E-state index contributed by atoms with van der Waals surface area (Å²) in [5.41, 5.74) is 0. The molecule has 0 aromatic heterocycles. The summed E-state index contributed by atoms with van der Waals surface area (Å²) in [4.78, 5) is 21.2. The molecular formula is C30H57O9P. The third kappa shape index (κ3) is 28.5. The second kappa shape index (κ2) is 28.1. The number of rotatable bonds is 29. The fourth-order valence-electron chi connectivity index (χ4n) is 3.90. The van der Waals surface area contributed by atoms with Gasteiger partial charge in [0.25, 0.3) is 0 Å². The van der Waals surface area contributed by atoms with E-state index in [1.165, 1.54) is 70.6 Å². The van der Waals surface area contributed by atoms with Gasteiger partial charge in [-0.1, -0.05) is 102 Å². The third-order valence-electron chi connectivity index (χ3n) is 6.34. The Morgan fingerprint density at radius 1 is 0.700 bits per heavy atom. The normalized spacial score (nSPS) is 15.0. The molecule has 236 valence electrons. The van der Waals surface area contributed by atoms with Gasteiger partial charge in [-0.3, -0.25) is 13.8 Å². The van der Waals surface area contributed by atoms with Gasteiger partial charge in [-0.2, -0.15) is 0 Å². The number of aliphatic hydroxyl groups excluding tert-OH is 3. The Kier molecular flexibility index (Phi) is 27.3. The summed E-state index contributed by atoms with van der Waals surface area (Å²) in [5, 5.41) is 27.5. The van der Waals surface area contributed by atoms with E-state index in [4.69, 9.17) is 14.9 Å². The fraction of sp³-hybridized carbons (Fsp3) is 0.833. The van der Waals surface area contributed by atoms with Crippen LogP contribution in [0.4, 0.5) is 0 Å². The van der Waals surface area contributed by atoms with Crippen molar-refractivity contribution in [3.63, 3.8) is 0 Å². The lowest BCUT2D eigenvalue weighted by atomic mass is 10.1. The second-order valence-electron chi connectivity index (χ2n) is 10.3. The Morgan fingerprint density at radius 3 is 1.70 bits per heavy atom. The van der Waals surface area contributed by atoms with Crippen LogP contribution in [0.3, 0.4) is 0 Å². The topological polar surface area (TPSA) is 143 Å². The Labute approximate surface area is 242 Å². The Bertz CT molecular complexity index is 684. The lowest BCUT2D eigenvalue weighted by Gasteiger charge is -2.16. The summed E-state index contributed by atoms with van der Waals surface area (Å²) in [6.45, 7) is 0.0917. The van der Waals surface area contributed by atoms with Crippen molar-refractivity contribution in [1.82, 2.24) is 0 Å². The highest BCUT2D eigenvalue weighted by atomic mass is 31.2. The van der Waals surface area contributed by atoms with Crippen molar-refractivity contribution in [3.8, 4) is 0 Å². The molecule has 0 aromatic carbocycles. The molecule has 0 saturated carbocycles. The zero-order valence-corrected chi connectivity index (χ0v) is 25.7. The van der Waals surface area contributed by atoms with Gasteiger partial charge in [0.2, 0.25) is 0 Å². The largest absolute Gasteiger partial charge is 0.472 e. The van der Waals surface area contributed by atoms with Crippen LogP contribution in [0.15, 0.2) is 24.3 Å². The zero-order valence-electron chi connectivity index (χ0n) is 24.8. The number of phosphoric ester groups is 1. The summed E-state index contributed by atoms with van der Waals surface area (Å²) >= 11 is 0. The van der Waals surface area contributed by atoms with E-state index in [1.54, 1.807) is 0 Å². The molecule has 0 fully saturated rings. The molecule has 10 heteroatoms. The standard InChI is InChI=1S/C30H57O9P/c1-2-3-4-5-6-7-8-9-10-11-12-13-14-15-16-17-18-19-20-21-22-23-30(34)37-25-29(33)27-39-40(35,36)38-26-28(32)24-31/h8-9,11-12,28-29,31-33H,2-7,10,13-27H2,1H3,(H,35,36)/b9-8-,12-11-. The van der Waals surface area contributed by atoms with E-state index < -0.39 is 45.8 Å². The summed E-state index contributed by atoms with van der Waals surface area (Å²) < 4.78 is 25.6. The molecule has 9 nitrogen and oxygen atoms in total. The van der Waals surface area contributed by atoms with E-state index in [9.17, 15) is 19.4 Å². The number of hydrogen-bond donors (Lipinski definition) is 4. The molecule has 0 heterocycles. The van der Waals surface area contributed by atoms with Crippen molar-refractivity contribution in [1.29, 1.82) is 0 Å². The Morgan fingerprint density at radius 2 is 1.18 bits per heavy atom. The lowest BCUT2D eigenvalue weighted by Crippen LogP contribution is -2.24. The van der Waals surface area contributed by atoms with Crippen LogP contribution in [0.5, 0.6) is 0 Å². The van der Waals surface area contributed by atoms with Crippen molar-refractivity contribution in [2.75, 3.05) is 26.4 Å². The Balaban J connectivity index is 3.49. The first-order valence-corrected chi connectivity index (χ1v) is 16.8. The van der Waals surface area contributed by atoms with Gasteiger partial charge >= 0.3 is 13.8 Å². The number of aliphatic hydroxyl groups is 3. The average Bonchev–Trinajstić information content (AvgIpc) is 2.94. The molecule has 40 heavy (non-hydrogen) atoms. The average molecular weight is 593 g/mol. The number of hydrogen-bond acceptors (Lipinski definition) is 8. The van der Waals surface area contributed by atoms with Crippen molar-refractivity contribution in [3.05, 3.63) is 24.3 Å². The van der Waals surface area contributed by atoms with Crippen LogP contribution in [0.25, 0.3) is 0 Å². The minimum absolute atomic E-state index is 0.261. The maximum atomic E-state index is 11.8. The fourth-order valence-corrected chi connectivity index (χ4v) is 4.70. The number of allylic oxidation sites excluding steroid dienone is 4. The van der Waals surface area contributed by atoms with Crippen LogP contribution in [0, 0.1) is 0 Å². The van der Waals surface area contributed by atoms with E-state index in [0.29, 0.717) is 0 Å². The van der Waals surface area contributed by atoms with Gasteiger partial charge < -0.3 is 24.9 Å².